The van der Waals surface area contributed by atoms with E-state index in [-0.39, 0.29) is 6.61 Å². The topological polar surface area (TPSA) is 46.5 Å². The van der Waals surface area contributed by atoms with Crippen molar-refractivity contribution in [2.75, 3.05) is 18.1 Å². The van der Waals surface area contributed by atoms with Crippen LogP contribution < -0.4 is 0 Å². The van der Waals surface area contributed by atoms with Gasteiger partial charge in [-0.3, -0.25) is 0 Å². The molecule has 1 N–H and O–H groups in total. The highest BCUT2D eigenvalue weighted by atomic mass is 32.2. The smallest absolute Gasteiger partial charge is 0.339 e. The van der Waals surface area contributed by atoms with Crippen molar-refractivity contribution in [3.05, 3.63) is 35.4 Å². The first-order valence-electron chi connectivity index (χ1n) is 5.75. The number of benzene rings is 1. The van der Waals surface area contributed by atoms with Gasteiger partial charge in [0.2, 0.25) is 0 Å². The highest BCUT2D eigenvalue weighted by molar-refractivity contribution is 8.00. The molecule has 1 aromatic carbocycles. The van der Waals surface area contributed by atoms with Gasteiger partial charge in [0, 0.05) is 17.4 Å². The average molecular weight is 252 g/mol. The lowest BCUT2D eigenvalue weighted by Gasteiger charge is -2.28. The maximum atomic E-state index is 11.5. The van der Waals surface area contributed by atoms with Gasteiger partial charge in [-0.05, 0) is 18.1 Å². The number of hydrogen-bond donors (Lipinski definition) is 1. The minimum Gasteiger partial charge on any atom is -0.464 e. The summed E-state index contributed by atoms with van der Waals surface area (Å²) in [6.45, 7) is 2.02. The summed E-state index contributed by atoms with van der Waals surface area (Å²) in [5.41, 5.74) is 1.77. The van der Waals surface area contributed by atoms with Gasteiger partial charge >= 0.3 is 5.97 Å². The second-order valence-corrected chi connectivity index (χ2v) is 5.09. The van der Waals surface area contributed by atoms with E-state index in [0.29, 0.717) is 11.5 Å². The SMILES string of the molecule is CCOC(=O)C(O)c1ccccc1C1CSC1. The van der Waals surface area contributed by atoms with Crippen molar-refractivity contribution in [2.45, 2.75) is 18.9 Å². The largest absolute Gasteiger partial charge is 0.464 e. The van der Waals surface area contributed by atoms with Gasteiger partial charge in [0.1, 0.15) is 0 Å². The van der Waals surface area contributed by atoms with Crippen LogP contribution >= 0.6 is 11.8 Å². The van der Waals surface area contributed by atoms with Crippen LogP contribution in [0.25, 0.3) is 0 Å². The van der Waals surface area contributed by atoms with Crippen molar-refractivity contribution < 1.29 is 14.6 Å². The summed E-state index contributed by atoms with van der Waals surface area (Å²) >= 11 is 1.88. The Kier molecular flexibility index (Phi) is 4.07. The van der Waals surface area contributed by atoms with Crippen LogP contribution in [0.1, 0.15) is 30.1 Å². The second-order valence-electron chi connectivity index (χ2n) is 4.02. The van der Waals surface area contributed by atoms with E-state index in [1.165, 1.54) is 0 Å². The lowest BCUT2D eigenvalue weighted by atomic mass is 9.93. The molecule has 0 amide bonds. The van der Waals surface area contributed by atoms with Gasteiger partial charge in [-0.25, -0.2) is 4.79 Å². The normalized spacial score (nSPS) is 17.3. The Balaban J connectivity index is 2.21. The molecular weight excluding hydrogens is 236 g/mol. The van der Waals surface area contributed by atoms with Crippen LogP contribution in [0.5, 0.6) is 0 Å². The maximum absolute atomic E-state index is 11.5. The Labute approximate surface area is 105 Å². The molecule has 17 heavy (non-hydrogen) atoms. The number of carbonyl (C=O) groups excluding carboxylic acids is 1. The van der Waals surface area contributed by atoms with Gasteiger partial charge in [0.25, 0.3) is 0 Å². The standard InChI is InChI=1S/C13H16O3S/c1-2-16-13(15)12(14)11-6-4-3-5-10(11)9-7-17-8-9/h3-6,9,12,14H,2,7-8H2,1H3. The molecule has 3 nitrogen and oxygen atoms in total. The number of aliphatic hydroxyl groups is 1. The number of esters is 1. The predicted molar refractivity (Wildman–Crippen MR) is 68.1 cm³/mol. The van der Waals surface area contributed by atoms with Crippen molar-refractivity contribution in [1.29, 1.82) is 0 Å². The molecule has 0 aliphatic carbocycles. The third-order valence-electron chi connectivity index (χ3n) is 2.88. The lowest BCUT2D eigenvalue weighted by molar-refractivity contribution is -0.153. The zero-order chi connectivity index (χ0) is 12.3. The molecule has 1 fully saturated rings. The fourth-order valence-electron chi connectivity index (χ4n) is 1.90. The van der Waals surface area contributed by atoms with E-state index in [9.17, 15) is 9.90 Å². The number of rotatable bonds is 4. The van der Waals surface area contributed by atoms with Gasteiger partial charge in [-0.15, -0.1) is 0 Å². The molecule has 0 aromatic heterocycles. The quantitative estimate of drug-likeness (QED) is 0.834. The second kappa shape index (κ2) is 5.56. The first-order valence-corrected chi connectivity index (χ1v) is 6.90. The highest BCUT2D eigenvalue weighted by Crippen LogP contribution is 2.37. The minimum absolute atomic E-state index is 0.289. The average Bonchev–Trinajstić information content (AvgIpc) is 2.27. The molecule has 1 aromatic rings. The molecule has 1 aliphatic rings. The molecule has 4 heteroatoms. The first kappa shape index (κ1) is 12.5. The lowest BCUT2D eigenvalue weighted by Crippen LogP contribution is -2.22. The number of hydrogen-bond acceptors (Lipinski definition) is 4. The molecule has 92 valence electrons. The molecule has 2 rings (SSSR count). The van der Waals surface area contributed by atoms with Crippen molar-refractivity contribution in [1.82, 2.24) is 0 Å². The van der Waals surface area contributed by atoms with E-state index in [2.05, 4.69) is 0 Å². The summed E-state index contributed by atoms with van der Waals surface area (Å²) in [7, 11) is 0. The van der Waals surface area contributed by atoms with Gasteiger partial charge in [-0.2, -0.15) is 11.8 Å². The molecule has 1 saturated heterocycles. The van der Waals surface area contributed by atoms with Crippen LogP contribution in [-0.4, -0.2) is 29.2 Å². The fourth-order valence-corrected chi connectivity index (χ4v) is 2.73. The van der Waals surface area contributed by atoms with Crippen molar-refractivity contribution >= 4 is 17.7 Å². The van der Waals surface area contributed by atoms with Gasteiger partial charge < -0.3 is 9.84 Å². The van der Waals surface area contributed by atoms with Crippen LogP contribution in [-0.2, 0) is 9.53 Å². The maximum Gasteiger partial charge on any atom is 0.339 e. The van der Waals surface area contributed by atoms with Crippen LogP contribution in [0, 0.1) is 0 Å². The highest BCUT2D eigenvalue weighted by Gasteiger charge is 2.28. The van der Waals surface area contributed by atoms with E-state index in [0.717, 1.165) is 17.1 Å². The summed E-state index contributed by atoms with van der Waals surface area (Å²) in [6, 6.07) is 7.58. The minimum atomic E-state index is -1.16. The number of carbonyl (C=O) groups is 1. The Bertz CT molecular complexity index is 401. The Morgan fingerprint density at radius 3 is 2.82 bits per heavy atom. The zero-order valence-electron chi connectivity index (χ0n) is 9.76. The van der Waals surface area contributed by atoms with Gasteiger partial charge in [-0.1, -0.05) is 24.3 Å². The summed E-state index contributed by atoms with van der Waals surface area (Å²) < 4.78 is 4.85. The van der Waals surface area contributed by atoms with E-state index < -0.39 is 12.1 Å². The van der Waals surface area contributed by atoms with Gasteiger partial charge in [0.05, 0.1) is 6.61 Å². The van der Waals surface area contributed by atoms with E-state index in [4.69, 9.17) is 4.74 Å². The van der Waals surface area contributed by atoms with Crippen LogP contribution in [0.3, 0.4) is 0 Å². The van der Waals surface area contributed by atoms with Crippen LogP contribution in [0.15, 0.2) is 24.3 Å². The van der Waals surface area contributed by atoms with Gasteiger partial charge in [0.15, 0.2) is 6.10 Å². The summed E-state index contributed by atoms with van der Waals surface area (Å²) in [5.74, 6) is 2.02. The third kappa shape index (κ3) is 2.64. The molecular formula is C13H16O3S. The third-order valence-corrected chi connectivity index (χ3v) is 4.15. The fraction of sp³-hybridized carbons (Fsp3) is 0.462. The van der Waals surface area contributed by atoms with Crippen LogP contribution in [0.2, 0.25) is 0 Å². The molecule has 0 saturated carbocycles. The van der Waals surface area contributed by atoms with Crippen LogP contribution in [0.4, 0.5) is 0 Å². The number of ether oxygens (including phenoxy) is 1. The summed E-state index contributed by atoms with van der Waals surface area (Å²) in [4.78, 5) is 11.5. The van der Waals surface area contributed by atoms with E-state index >= 15 is 0 Å². The van der Waals surface area contributed by atoms with E-state index in [1.807, 2.05) is 30.0 Å². The molecule has 0 radical (unpaired) electrons. The molecule has 0 spiro atoms. The number of thioether (sulfide) groups is 1. The Morgan fingerprint density at radius 2 is 2.24 bits per heavy atom. The molecule has 1 heterocycles. The first-order chi connectivity index (χ1) is 8.24. The van der Waals surface area contributed by atoms with E-state index in [1.54, 1.807) is 13.0 Å². The zero-order valence-corrected chi connectivity index (χ0v) is 10.6. The van der Waals surface area contributed by atoms with Crippen molar-refractivity contribution in [3.63, 3.8) is 0 Å². The Morgan fingerprint density at radius 1 is 1.53 bits per heavy atom. The molecule has 1 atom stereocenters. The summed E-state index contributed by atoms with van der Waals surface area (Å²) in [5, 5.41) is 9.99. The number of aliphatic hydroxyl groups excluding tert-OH is 1. The molecule has 0 bridgehead atoms. The van der Waals surface area contributed by atoms with Crippen molar-refractivity contribution in [3.8, 4) is 0 Å². The summed E-state index contributed by atoms with van der Waals surface area (Å²) in [6.07, 6.45) is -1.16. The predicted octanol–water partition coefficient (Wildman–Crippen LogP) is 2.11. The molecule has 1 aliphatic heterocycles. The Hall–Kier alpha value is -1.00. The van der Waals surface area contributed by atoms with Crippen molar-refractivity contribution in [2.24, 2.45) is 0 Å². The molecule has 1 unspecified atom stereocenters. The monoisotopic (exact) mass is 252 g/mol.